The van der Waals surface area contributed by atoms with Crippen LogP contribution in [0.4, 0.5) is 5.69 Å². The van der Waals surface area contributed by atoms with Crippen LogP contribution < -0.4 is 5.32 Å². The zero-order valence-corrected chi connectivity index (χ0v) is 15.6. The van der Waals surface area contributed by atoms with Crippen LogP contribution in [0.2, 0.25) is 0 Å². The molecule has 2 aliphatic rings. The van der Waals surface area contributed by atoms with Crippen molar-refractivity contribution in [2.75, 3.05) is 5.32 Å². The van der Waals surface area contributed by atoms with E-state index in [1.165, 1.54) is 5.56 Å². The van der Waals surface area contributed by atoms with Gasteiger partial charge in [-0.3, -0.25) is 14.8 Å². The third kappa shape index (κ3) is 2.83. The first-order valence-electron chi connectivity index (χ1n) is 9.37. The van der Waals surface area contributed by atoms with Crippen molar-refractivity contribution in [1.82, 2.24) is 0 Å². The van der Waals surface area contributed by atoms with Crippen LogP contribution in [0.1, 0.15) is 43.7 Å². The molecule has 0 saturated carbocycles. The molecule has 28 heavy (non-hydrogen) atoms. The minimum absolute atomic E-state index is 0.0941. The molecule has 3 aromatic carbocycles. The summed E-state index contributed by atoms with van der Waals surface area (Å²) in [5, 5.41) is 3.06. The van der Waals surface area contributed by atoms with Gasteiger partial charge in [0.25, 0.3) is 5.91 Å². The molecule has 4 heteroatoms. The number of carbonyl (C=O) groups is 1. The lowest BCUT2D eigenvalue weighted by atomic mass is 9.98. The van der Waals surface area contributed by atoms with E-state index in [0.29, 0.717) is 18.7 Å². The molecule has 0 unspecified atom stereocenters. The minimum atomic E-state index is -0.0941. The van der Waals surface area contributed by atoms with E-state index in [1.54, 1.807) is 0 Å². The van der Waals surface area contributed by atoms with Gasteiger partial charge in [-0.25, -0.2) is 0 Å². The lowest BCUT2D eigenvalue weighted by Crippen LogP contribution is -2.14. The molecule has 0 bridgehead atoms. The van der Waals surface area contributed by atoms with E-state index in [9.17, 15) is 4.79 Å². The lowest BCUT2D eigenvalue weighted by Gasteiger charge is -2.12. The van der Waals surface area contributed by atoms with Gasteiger partial charge in [-0.2, -0.15) is 0 Å². The van der Waals surface area contributed by atoms with E-state index >= 15 is 0 Å². The standard InChI is InChI=1S/C24H19N3O/c1-15-9-18-12-25-13-19(18)10-21(15)24(28)27-20-8-7-17-14-26-23(22(17)11-20)16-5-3-2-4-6-16/h2-12H,13-14H2,1H3,(H,27,28). The Balaban J connectivity index is 1.43. The Morgan fingerprint density at radius 3 is 2.68 bits per heavy atom. The highest BCUT2D eigenvalue weighted by atomic mass is 16.1. The normalized spacial score (nSPS) is 13.8. The number of rotatable bonds is 3. The van der Waals surface area contributed by atoms with E-state index in [-0.39, 0.29) is 5.91 Å². The zero-order valence-electron chi connectivity index (χ0n) is 15.6. The summed E-state index contributed by atoms with van der Waals surface area (Å²) >= 11 is 0. The summed E-state index contributed by atoms with van der Waals surface area (Å²) in [6.45, 7) is 3.29. The van der Waals surface area contributed by atoms with Crippen LogP contribution in [-0.4, -0.2) is 17.8 Å². The number of nitrogens with zero attached hydrogens (tertiary/aromatic N) is 2. The van der Waals surface area contributed by atoms with Gasteiger partial charge < -0.3 is 5.32 Å². The van der Waals surface area contributed by atoms with Crippen molar-refractivity contribution in [3.63, 3.8) is 0 Å². The Labute approximate surface area is 163 Å². The number of amides is 1. The van der Waals surface area contributed by atoms with Crippen LogP contribution >= 0.6 is 0 Å². The van der Waals surface area contributed by atoms with Crippen LogP contribution in [0.15, 0.2) is 70.6 Å². The molecule has 3 aromatic rings. The molecule has 5 rings (SSSR count). The van der Waals surface area contributed by atoms with E-state index < -0.39 is 0 Å². The maximum atomic E-state index is 12.9. The monoisotopic (exact) mass is 365 g/mol. The van der Waals surface area contributed by atoms with Gasteiger partial charge in [0.15, 0.2) is 0 Å². The van der Waals surface area contributed by atoms with Gasteiger partial charge >= 0.3 is 0 Å². The number of aryl methyl sites for hydroxylation is 1. The van der Waals surface area contributed by atoms with Gasteiger partial charge in [0, 0.05) is 28.6 Å². The Morgan fingerprint density at radius 2 is 1.82 bits per heavy atom. The maximum absolute atomic E-state index is 12.9. The van der Waals surface area contributed by atoms with Crippen LogP contribution in [-0.2, 0) is 13.1 Å². The fourth-order valence-electron chi connectivity index (χ4n) is 3.82. The van der Waals surface area contributed by atoms with E-state index in [1.807, 2.05) is 61.7 Å². The molecule has 136 valence electrons. The summed E-state index contributed by atoms with van der Waals surface area (Å²) in [5.74, 6) is -0.0941. The average Bonchev–Trinajstić information content (AvgIpc) is 3.34. The van der Waals surface area contributed by atoms with Crippen LogP contribution in [0.25, 0.3) is 0 Å². The van der Waals surface area contributed by atoms with Crippen molar-refractivity contribution in [2.24, 2.45) is 9.98 Å². The second-order valence-electron chi connectivity index (χ2n) is 7.19. The number of fused-ring (bicyclic) bond motifs is 2. The molecule has 0 atom stereocenters. The summed E-state index contributed by atoms with van der Waals surface area (Å²) in [7, 11) is 0. The van der Waals surface area contributed by atoms with Gasteiger partial charge in [0.05, 0.1) is 18.8 Å². The van der Waals surface area contributed by atoms with Gasteiger partial charge in [-0.15, -0.1) is 0 Å². The van der Waals surface area contributed by atoms with Crippen molar-refractivity contribution in [3.05, 3.63) is 99.6 Å². The third-order valence-electron chi connectivity index (χ3n) is 5.30. The topological polar surface area (TPSA) is 53.8 Å². The molecule has 2 aliphatic heterocycles. The van der Waals surface area contributed by atoms with E-state index in [2.05, 4.69) is 22.4 Å². The van der Waals surface area contributed by atoms with Gasteiger partial charge in [-0.05, 0) is 53.4 Å². The molecule has 0 aromatic heterocycles. The molecule has 1 N–H and O–H groups in total. The van der Waals surface area contributed by atoms with Crippen LogP contribution in [0.3, 0.4) is 0 Å². The fraction of sp³-hybridized carbons (Fsp3) is 0.125. The molecule has 2 heterocycles. The number of hydrogen-bond donors (Lipinski definition) is 1. The Kier molecular flexibility index (Phi) is 3.90. The lowest BCUT2D eigenvalue weighted by molar-refractivity contribution is 0.102. The van der Waals surface area contributed by atoms with Crippen LogP contribution in [0.5, 0.6) is 0 Å². The number of nitrogens with one attached hydrogen (secondary N) is 1. The number of benzene rings is 3. The quantitative estimate of drug-likeness (QED) is 0.728. The average molecular weight is 365 g/mol. The number of hydrogen-bond acceptors (Lipinski definition) is 3. The van der Waals surface area contributed by atoms with E-state index in [0.717, 1.165) is 39.2 Å². The first kappa shape index (κ1) is 16.6. The van der Waals surface area contributed by atoms with Crippen molar-refractivity contribution in [3.8, 4) is 0 Å². The number of anilines is 1. The third-order valence-corrected chi connectivity index (χ3v) is 5.30. The number of aliphatic imine (C=N–C) groups is 2. The Bertz CT molecular complexity index is 1160. The zero-order chi connectivity index (χ0) is 19.1. The summed E-state index contributed by atoms with van der Waals surface area (Å²) in [6.07, 6.45) is 1.87. The van der Waals surface area contributed by atoms with Crippen molar-refractivity contribution in [1.29, 1.82) is 0 Å². The summed E-state index contributed by atoms with van der Waals surface area (Å²) in [4.78, 5) is 21.9. The predicted octanol–water partition coefficient (Wildman–Crippen LogP) is 4.53. The highest BCUT2D eigenvalue weighted by Gasteiger charge is 2.19. The predicted molar refractivity (Wildman–Crippen MR) is 113 cm³/mol. The van der Waals surface area contributed by atoms with Crippen molar-refractivity contribution in [2.45, 2.75) is 20.0 Å². The Morgan fingerprint density at radius 1 is 0.964 bits per heavy atom. The largest absolute Gasteiger partial charge is 0.322 e. The molecule has 0 aliphatic carbocycles. The smallest absolute Gasteiger partial charge is 0.255 e. The van der Waals surface area contributed by atoms with Crippen molar-refractivity contribution < 1.29 is 4.79 Å². The molecule has 1 amide bonds. The Hall–Kier alpha value is -3.53. The molecular weight excluding hydrogens is 346 g/mol. The summed E-state index contributed by atoms with van der Waals surface area (Å²) < 4.78 is 0. The highest BCUT2D eigenvalue weighted by Crippen LogP contribution is 2.27. The van der Waals surface area contributed by atoms with Crippen molar-refractivity contribution >= 4 is 23.5 Å². The molecule has 0 radical (unpaired) electrons. The molecular formula is C24H19N3O. The van der Waals surface area contributed by atoms with Gasteiger partial charge in [0.1, 0.15) is 0 Å². The van der Waals surface area contributed by atoms with Gasteiger partial charge in [0.2, 0.25) is 0 Å². The fourth-order valence-corrected chi connectivity index (χ4v) is 3.82. The van der Waals surface area contributed by atoms with Gasteiger partial charge in [-0.1, -0.05) is 36.4 Å². The maximum Gasteiger partial charge on any atom is 0.255 e. The molecule has 0 saturated heterocycles. The number of carbonyl (C=O) groups excluding carboxylic acids is 1. The first-order chi connectivity index (χ1) is 13.7. The highest BCUT2D eigenvalue weighted by molar-refractivity contribution is 6.16. The second-order valence-corrected chi connectivity index (χ2v) is 7.19. The minimum Gasteiger partial charge on any atom is -0.322 e. The summed E-state index contributed by atoms with van der Waals surface area (Å²) in [5.41, 5.74) is 8.99. The van der Waals surface area contributed by atoms with E-state index in [4.69, 9.17) is 4.99 Å². The first-order valence-corrected chi connectivity index (χ1v) is 9.37. The molecule has 4 nitrogen and oxygen atoms in total. The summed E-state index contributed by atoms with van der Waals surface area (Å²) in [6, 6.07) is 20.2. The molecule has 0 spiro atoms. The second kappa shape index (κ2) is 6.57. The SMILES string of the molecule is Cc1cc2c(cc1C(=O)Nc1ccc3c(c1)C(c1ccccc1)=NC3)CN=C2. The van der Waals surface area contributed by atoms with Crippen LogP contribution in [0, 0.1) is 6.92 Å². The molecule has 0 fully saturated rings.